The first-order valence-corrected chi connectivity index (χ1v) is 5.85. The third kappa shape index (κ3) is 4.94. The number of hydrogen-bond acceptors (Lipinski definition) is 1. The Balaban J connectivity index is 0.000000333. The summed E-state index contributed by atoms with van der Waals surface area (Å²) in [5, 5.41) is 10.3. The van der Waals surface area contributed by atoms with Crippen LogP contribution in [0.15, 0.2) is 66.7 Å². The molecule has 104 valence electrons. The largest absolute Gasteiger partial charge is 4.00 e. The predicted octanol–water partition coefficient (Wildman–Crippen LogP) is -2.07. The molecule has 2 nitrogen and oxygen atoms in total. The molecule has 0 atom stereocenters. The van der Waals surface area contributed by atoms with Gasteiger partial charge in [-0.15, -0.1) is 41.1 Å². The zero-order chi connectivity index (χ0) is 12.2. The number of benzene rings is 2. The van der Waals surface area contributed by atoms with Crippen molar-refractivity contribution in [2.75, 3.05) is 0 Å². The molecule has 0 aliphatic rings. The SMILES string of the molecule is [Cl-].[Cl-].[Ti+4].[c-]1n[nH]c2ccccc12.c1ccc2[cH-]ccc2c1. The third-order valence-electron chi connectivity index (χ3n) is 2.83. The molecular weight excluding hydrogens is 339 g/mol. The maximum atomic E-state index is 3.75. The molecule has 0 aliphatic carbocycles. The Morgan fingerprint density at radius 2 is 1.62 bits per heavy atom. The smallest absolute Gasteiger partial charge is 1.00 e. The van der Waals surface area contributed by atoms with Crippen molar-refractivity contribution in [1.29, 1.82) is 0 Å². The molecule has 0 amide bonds. The molecule has 21 heavy (non-hydrogen) atoms. The number of rotatable bonds is 0. The number of nitrogens with zero attached hydrogens (tertiary/aromatic N) is 1. The Morgan fingerprint density at radius 1 is 0.905 bits per heavy atom. The van der Waals surface area contributed by atoms with Crippen LogP contribution in [0.4, 0.5) is 0 Å². The first-order chi connectivity index (χ1) is 8.93. The number of nitrogens with one attached hydrogen (secondary N) is 1. The molecule has 5 heteroatoms. The van der Waals surface area contributed by atoms with Crippen LogP contribution in [0.1, 0.15) is 0 Å². The second-order valence-electron chi connectivity index (χ2n) is 4.04. The summed E-state index contributed by atoms with van der Waals surface area (Å²) in [6.45, 7) is 0. The summed E-state index contributed by atoms with van der Waals surface area (Å²) in [5.74, 6) is 0. The molecule has 1 N–H and O–H groups in total. The number of H-pyrrole nitrogens is 1. The van der Waals surface area contributed by atoms with E-state index in [2.05, 4.69) is 58.9 Å². The molecule has 0 saturated heterocycles. The fraction of sp³-hybridized carbons (Fsp3) is 0. The van der Waals surface area contributed by atoms with Crippen LogP contribution in [0.2, 0.25) is 0 Å². The average molecular weight is 351 g/mol. The summed E-state index contributed by atoms with van der Waals surface area (Å²) in [6, 6.07) is 22.5. The van der Waals surface area contributed by atoms with Crippen molar-refractivity contribution in [2.24, 2.45) is 0 Å². The Hall–Kier alpha value is -1.19. The van der Waals surface area contributed by atoms with Crippen molar-refractivity contribution >= 4 is 21.7 Å². The van der Waals surface area contributed by atoms with E-state index < -0.39 is 0 Å². The summed E-state index contributed by atoms with van der Waals surface area (Å²) in [5.41, 5.74) is 1.04. The summed E-state index contributed by atoms with van der Waals surface area (Å²) < 4.78 is 0. The van der Waals surface area contributed by atoms with E-state index in [1.165, 1.54) is 10.8 Å². The van der Waals surface area contributed by atoms with Gasteiger partial charge in [-0.2, -0.15) is 23.6 Å². The third-order valence-corrected chi connectivity index (χ3v) is 2.83. The quantitative estimate of drug-likeness (QED) is 0.286. The van der Waals surface area contributed by atoms with Crippen LogP contribution >= 0.6 is 0 Å². The van der Waals surface area contributed by atoms with E-state index in [0.717, 1.165) is 10.9 Å². The minimum Gasteiger partial charge on any atom is -1.00 e. The first-order valence-electron chi connectivity index (χ1n) is 5.85. The van der Waals surface area contributed by atoms with Crippen LogP contribution in [0, 0.1) is 6.20 Å². The number of hydrogen-bond donors (Lipinski definition) is 1. The van der Waals surface area contributed by atoms with Crippen molar-refractivity contribution in [3.05, 3.63) is 72.9 Å². The zero-order valence-corrected chi connectivity index (χ0v) is 14.1. The van der Waals surface area contributed by atoms with Gasteiger partial charge in [0.15, 0.2) is 0 Å². The number of para-hydroxylation sites is 1. The minimum atomic E-state index is 0. The van der Waals surface area contributed by atoms with Crippen LogP contribution in [0.5, 0.6) is 0 Å². The number of halogens is 2. The minimum absolute atomic E-state index is 0. The molecule has 0 fully saturated rings. The van der Waals surface area contributed by atoms with Crippen LogP contribution in [-0.4, -0.2) is 10.2 Å². The van der Waals surface area contributed by atoms with Gasteiger partial charge in [0.05, 0.1) is 0 Å². The van der Waals surface area contributed by atoms with Crippen molar-refractivity contribution in [1.82, 2.24) is 10.2 Å². The van der Waals surface area contributed by atoms with Gasteiger partial charge in [-0.1, -0.05) is 18.2 Å². The molecule has 3 aromatic carbocycles. The number of fused-ring (bicyclic) bond motifs is 2. The molecule has 0 radical (unpaired) electrons. The fourth-order valence-corrected chi connectivity index (χ4v) is 1.90. The van der Waals surface area contributed by atoms with Gasteiger partial charge < -0.3 is 29.9 Å². The molecular formula is C16H12Cl2N2Ti. The van der Waals surface area contributed by atoms with E-state index >= 15 is 0 Å². The summed E-state index contributed by atoms with van der Waals surface area (Å²) in [7, 11) is 0. The van der Waals surface area contributed by atoms with Crippen LogP contribution < -0.4 is 24.8 Å². The molecule has 0 aliphatic heterocycles. The van der Waals surface area contributed by atoms with E-state index in [1.54, 1.807) is 0 Å². The first kappa shape index (κ1) is 19.8. The molecule has 4 aromatic rings. The van der Waals surface area contributed by atoms with Gasteiger partial charge in [0.2, 0.25) is 0 Å². The second kappa shape index (κ2) is 9.70. The van der Waals surface area contributed by atoms with Crippen molar-refractivity contribution in [3.8, 4) is 0 Å². The number of aromatic amines is 1. The molecule has 0 bridgehead atoms. The van der Waals surface area contributed by atoms with Crippen molar-refractivity contribution < 1.29 is 46.5 Å². The molecule has 0 spiro atoms. The van der Waals surface area contributed by atoms with Crippen molar-refractivity contribution in [3.63, 3.8) is 0 Å². The predicted molar refractivity (Wildman–Crippen MR) is 74.5 cm³/mol. The van der Waals surface area contributed by atoms with Crippen molar-refractivity contribution in [2.45, 2.75) is 0 Å². The zero-order valence-electron chi connectivity index (χ0n) is 11.1. The maximum Gasteiger partial charge on any atom is 4.00 e. The second-order valence-corrected chi connectivity index (χ2v) is 4.04. The number of aromatic nitrogens is 2. The van der Waals surface area contributed by atoms with E-state index in [1.807, 2.05) is 24.3 Å². The van der Waals surface area contributed by atoms with Gasteiger partial charge in [-0.3, -0.25) is 5.10 Å². The topological polar surface area (TPSA) is 28.7 Å². The van der Waals surface area contributed by atoms with E-state index in [9.17, 15) is 0 Å². The summed E-state index contributed by atoms with van der Waals surface area (Å²) in [6.07, 6.45) is 2.81. The Labute approximate surface area is 151 Å². The van der Waals surface area contributed by atoms with E-state index in [0.29, 0.717) is 0 Å². The Kier molecular flexibility index (Phi) is 9.15. The molecule has 0 unspecified atom stereocenters. The van der Waals surface area contributed by atoms with Crippen LogP contribution in [0.3, 0.4) is 0 Å². The average Bonchev–Trinajstić information content (AvgIpc) is 3.08. The normalized spacial score (nSPS) is 8.76. The van der Waals surface area contributed by atoms with Gasteiger partial charge in [-0.05, 0) is 11.7 Å². The van der Waals surface area contributed by atoms with Gasteiger partial charge in [0.25, 0.3) is 0 Å². The maximum absolute atomic E-state index is 3.75. The van der Waals surface area contributed by atoms with Crippen LogP contribution in [0.25, 0.3) is 21.7 Å². The summed E-state index contributed by atoms with van der Waals surface area (Å²) in [4.78, 5) is 0. The van der Waals surface area contributed by atoms with Gasteiger partial charge in [0, 0.05) is 0 Å². The molecule has 4 rings (SSSR count). The summed E-state index contributed by atoms with van der Waals surface area (Å²) >= 11 is 0. The molecule has 0 saturated carbocycles. The molecule has 1 aromatic heterocycles. The molecule has 1 heterocycles. The van der Waals surface area contributed by atoms with E-state index in [-0.39, 0.29) is 46.5 Å². The fourth-order valence-electron chi connectivity index (χ4n) is 1.90. The standard InChI is InChI=1S/C9H7.C7H5N2.2ClH.Ti/c1-2-5-9-7-3-6-8(9)4-1;1-2-4-7-6(3-1)5-8-9-7;;;/h1-7H;1-4H,(H,8,9);2*1H;/q2*-1;;;+4/p-2. The van der Waals surface area contributed by atoms with Gasteiger partial charge in [-0.25, -0.2) is 0 Å². The Bertz CT molecular complexity index is 638. The van der Waals surface area contributed by atoms with Gasteiger partial charge >= 0.3 is 21.7 Å². The monoisotopic (exact) mass is 350 g/mol. The van der Waals surface area contributed by atoms with Crippen LogP contribution in [-0.2, 0) is 21.7 Å². The Morgan fingerprint density at radius 3 is 2.38 bits per heavy atom. The van der Waals surface area contributed by atoms with E-state index in [4.69, 9.17) is 0 Å². The van der Waals surface area contributed by atoms with Gasteiger partial charge in [0.1, 0.15) is 0 Å².